The number of hydrogen-bond donors (Lipinski definition) is 3. The third kappa shape index (κ3) is 2.63. The Labute approximate surface area is 103 Å². The fraction of sp³-hybridized carbons (Fsp3) is 0. The number of nitriles is 1. The minimum absolute atomic E-state index is 0.0388. The van der Waals surface area contributed by atoms with E-state index < -0.39 is 0 Å². The predicted octanol–water partition coefficient (Wildman–Crippen LogP) is 1.01. The van der Waals surface area contributed by atoms with E-state index in [2.05, 4.69) is 15.4 Å². The highest BCUT2D eigenvalue weighted by Crippen LogP contribution is 2.22. The highest BCUT2D eigenvalue weighted by Gasteiger charge is 2.04. The van der Waals surface area contributed by atoms with E-state index in [0.29, 0.717) is 17.1 Å². The van der Waals surface area contributed by atoms with Crippen molar-refractivity contribution in [1.29, 1.82) is 5.26 Å². The third-order valence-electron chi connectivity index (χ3n) is 2.05. The number of aromatic nitrogens is 2. The van der Waals surface area contributed by atoms with E-state index in [9.17, 15) is 0 Å². The summed E-state index contributed by atoms with van der Waals surface area (Å²) in [5, 5.41) is 8.78. The van der Waals surface area contributed by atoms with Gasteiger partial charge < -0.3 is 15.9 Å². The maximum atomic E-state index is 8.78. The Balaban J connectivity index is 2.28. The zero-order valence-corrected chi connectivity index (χ0v) is 9.29. The molecule has 0 spiro atoms. The quantitative estimate of drug-likeness (QED) is 0.542. The molecule has 18 heavy (non-hydrogen) atoms. The summed E-state index contributed by atoms with van der Waals surface area (Å²) in [7, 11) is 0. The van der Waals surface area contributed by atoms with E-state index in [1.807, 2.05) is 6.07 Å². The summed E-state index contributed by atoms with van der Waals surface area (Å²) in [5.74, 6) is 6.34. The van der Waals surface area contributed by atoms with Gasteiger partial charge in [0.05, 0.1) is 11.6 Å². The maximum absolute atomic E-state index is 8.78. The Hall–Kier alpha value is -2.85. The van der Waals surface area contributed by atoms with Crippen LogP contribution in [0.3, 0.4) is 0 Å². The molecule has 2 rings (SSSR count). The number of anilines is 2. The molecule has 0 bridgehead atoms. The number of ether oxygens (including phenoxy) is 1. The van der Waals surface area contributed by atoms with Gasteiger partial charge in [0.25, 0.3) is 0 Å². The van der Waals surface area contributed by atoms with Gasteiger partial charge in [-0.15, -0.1) is 0 Å². The molecule has 0 aliphatic carbocycles. The predicted molar refractivity (Wildman–Crippen MR) is 65.5 cm³/mol. The van der Waals surface area contributed by atoms with Gasteiger partial charge in [0, 0.05) is 6.07 Å². The summed E-state index contributed by atoms with van der Waals surface area (Å²) in [4.78, 5) is 7.72. The van der Waals surface area contributed by atoms with Gasteiger partial charge in [-0.3, -0.25) is 0 Å². The van der Waals surface area contributed by atoms with Crippen molar-refractivity contribution in [2.45, 2.75) is 0 Å². The number of benzene rings is 1. The number of nitrogens with zero attached hydrogens (tertiary/aromatic N) is 3. The summed E-state index contributed by atoms with van der Waals surface area (Å²) in [5.41, 5.74) is 8.34. The number of rotatable bonds is 3. The van der Waals surface area contributed by atoms with Gasteiger partial charge >= 0.3 is 0 Å². The van der Waals surface area contributed by atoms with Gasteiger partial charge in [-0.05, 0) is 18.2 Å². The number of nitrogens with two attached hydrogens (primary N) is 2. The molecule has 0 amide bonds. The second-order valence-electron chi connectivity index (χ2n) is 3.34. The fourth-order valence-electron chi connectivity index (χ4n) is 1.32. The lowest BCUT2D eigenvalue weighted by Crippen LogP contribution is -2.10. The van der Waals surface area contributed by atoms with Crippen LogP contribution in [-0.4, -0.2) is 9.97 Å². The molecule has 0 radical (unpaired) electrons. The van der Waals surface area contributed by atoms with Crippen LogP contribution in [0.1, 0.15) is 5.56 Å². The average Bonchev–Trinajstić information content (AvgIpc) is 2.38. The van der Waals surface area contributed by atoms with Crippen LogP contribution in [0.25, 0.3) is 0 Å². The van der Waals surface area contributed by atoms with Gasteiger partial charge in [0.2, 0.25) is 11.8 Å². The Morgan fingerprint density at radius 2 is 2.11 bits per heavy atom. The summed E-state index contributed by atoms with van der Waals surface area (Å²) < 4.78 is 5.47. The summed E-state index contributed by atoms with van der Waals surface area (Å²) in [6.45, 7) is 0. The summed E-state index contributed by atoms with van der Waals surface area (Å²) in [6, 6.07) is 10.2. The first-order valence-electron chi connectivity index (χ1n) is 5.00. The minimum atomic E-state index is 0.0388. The van der Waals surface area contributed by atoms with Crippen molar-refractivity contribution < 1.29 is 4.74 Å². The molecule has 5 N–H and O–H groups in total. The normalized spacial score (nSPS) is 9.56. The van der Waals surface area contributed by atoms with E-state index in [4.69, 9.17) is 21.6 Å². The molecule has 7 heteroatoms. The van der Waals surface area contributed by atoms with Gasteiger partial charge in [0.15, 0.2) is 0 Å². The minimum Gasteiger partial charge on any atom is -0.439 e. The Morgan fingerprint density at radius 3 is 2.83 bits per heavy atom. The van der Waals surface area contributed by atoms with Gasteiger partial charge in [-0.2, -0.15) is 15.2 Å². The molecule has 1 heterocycles. The molecule has 1 aromatic heterocycles. The van der Waals surface area contributed by atoms with E-state index in [1.165, 1.54) is 6.07 Å². The Kier molecular flexibility index (Phi) is 3.22. The molecule has 7 nitrogen and oxygen atoms in total. The molecular weight excluding hydrogens is 232 g/mol. The highest BCUT2D eigenvalue weighted by atomic mass is 16.5. The van der Waals surface area contributed by atoms with E-state index in [-0.39, 0.29) is 11.8 Å². The SMILES string of the molecule is N#Cc1cccc(Oc2cc(NN)nc(N)n2)c1. The lowest BCUT2D eigenvalue weighted by atomic mass is 10.2. The molecule has 0 unspecified atom stereocenters. The van der Waals surface area contributed by atoms with Crippen LogP contribution in [0.5, 0.6) is 11.6 Å². The largest absolute Gasteiger partial charge is 0.439 e. The highest BCUT2D eigenvalue weighted by molar-refractivity contribution is 5.44. The Bertz CT molecular complexity index is 607. The maximum Gasteiger partial charge on any atom is 0.226 e. The van der Waals surface area contributed by atoms with Crippen molar-refractivity contribution >= 4 is 11.8 Å². The van der Waals surface area contributed by atoms with Crippen LogP contribution in [0, 0.1) is 11.3 Å². The monoisotopic (exact) mass is 242 g/mol. The molecule has 0 aliphatic heterocycles. The van der Waals surface area contributed by atoms with Gasteiger partial charge in [-0.1, -0.05) is 6.07 Å². The van der Waals surface area contributed by atoms with Crippen molar-refractivity contribution in [2.75, 3.05) is 11.2 Å². The van der Waals surface area contributed by atoms with Crippen molar-refractivity contribution in [2.24, 2.45) is 5.84 Å². The Morgan fingerprint density at radius 1 is 1.28 bits per heavy atom. The molecule has 0 fully saturated rings. The first-order valence-corrected chi connectivity index (χ1v) is 5.00. The second-order valence-corrected chi connectivity index (χ2v) is 3.34. The van der Waals surface area contributed by atoms with E-state index in [1.54, 1.807) is 24.3 Å². The van der Waals surface area contributed by atoms with Crippen LogP contribution in [-0.2, 0) is 0 Å². The van der Waals surface area contributed by atoms with E-state index >= 15 is 0 Å². The van der Waals surface area contributed by atoms with E-state index in [0.717, 1.165) is 0 Å². The van der Waals surface area contributed by atoms with Gasteiger partial charge in [0.1, 0.15) is 11.6 Å². The van der Waals surface area contributed by atoms with Crippen LogP contribution < -0.4 is 21.7 Å². The summed E-state index contributed by atoms with van der Waals surface area (Å²) >= 11 is 0. The zero-order chi connectivity index (χ0) is 13.0. The molecule has 0 saturated heterocycles. The molecule has 0 atom stereocenters. The standard InChI is InChI=1S/C11H10N6O/c12-6-7-2-1-3-8(4-7)18-10-5-9(17-14)15-11(13)16-10/h1-5H,14H2,(H3,13,15,16,17). The topological polar surface area (TPSA) is 123 Å². The first-order chi connectivity index (χ1) is 8.71. The first kappa shape index (κ1) is 11.6. The molecule has 2 aromatic rings. The molecular formula is C11H10N6O. The number of nitrogen functional groups attached to an aromatic ring is 2. The number of nitrogens with one attached hydrogen (secondary N) is 1. The van der Waals surface area contributed by atoms with Crippen LogP contribution >= 0.6 is 0 Å². The number of hydrazine groups is 1. The smallest absolute Gasteiger partial charge is 0.226 e. The number of hydrogen-bond acceptors (Lipinski definition) is 7. The second kappa shape index (κ2) is 4.99. The van der Waals surface area contributed by atoms with Crippen molar-refractivity contribution in [1.82, 2.24) is 9.97 Å². The van der Waals surface area contributed by atoms with Crippen molar-refractivity contribution in [3.63, 3.8) is 0 Å². The molecule has 0 aliphatic rings. The lowest BCUT2D eigenvalue weighted by molar-refractivity contribution is 0.463. The summed E-state index contributed by atoms with van der Waals surface area (Å²) in [6.07, 6.45) is 0. The van der Waals surface area contributed by atoms with Crippen LogP contribution in [0.15, 0.2) is 30.3 Å². The fourth-order valence-corrected chi connectivity index (χ4v) is 1.32. The zero-order valence-electron chi connectivity index (χ0n) is 9.29. The van der Waals surface area contributed by atoms with Crippen molar-refractivity contribution in [3.8, 4) is 17.7 Å². The average molecular weight is 242 g/mol. The van der Waals surface area contributed by atoms with Crippen molar-refractivity contribution in [3.05, 3.63) is 35.9 Å². The third-order valence-corrected chi connectivity index (χ3v) is 2.05. The lowest BCUT2D eigenvalue weighted by Gasteiger charge is -2.07. The molecule has 1 aromatic carbocycles. The van der Waals surface area contributed by atoms with Crippen LogP contribution in [0.2, 0.25) is 0 Å². The molecule has 90 valence electrons. The molecule has 0 saturated carbocycles. The van der Waals surface area contributed by atoms with Crippen LogP contribution in [0.4, 0.5) is 11.8 Å². The van der Waals surface area contributed by atoms with Gasteiger partial charge in [-0.25, -0.2) is 5.84 Å².